The van der Waals surface area contributed by atoms with E-state index in [1.165, 1.54) is 11.0 Å². The van der Waals surface area contributed by atoms with Gasteiger partial charge in [0.25, 0.3) is 5.91 Å². The smallest absolute Gasteiger partial charge is 0.407 e. The fourth-order valence-electron chi connectivity index (χ4n) is 3.86. The molecule has 0 aliphatic rings. The maximum absolute atomic E-state index is 13.6. The van der Waals surface area contributed by atoms with Crippen molar-refractivity contribution in [2.75, 3.05) is 19.6 Å². The number of alkyl carbamates (subject to hydrolysis) is 1. The largest absolute Gasteiger partial charge is 0.504 e. The summed E-state index contributed by atoms with van der Waals surface area (Å²) < 4.78 is 5.25. The summed E-state index contributed by atoms with van der Waals surface area (Å²) >= 11 is 0. The fraction of sp³-hybridized carbons (Fsp3) is 0.500. The van der Waals surface area contributed by atoms with E-state index in [9.17, 15) is 24.6 Å². The highest BCUT2D eigenvalue weighted by atomic mass is 16.6. The van der Waals surface area contributed by atoms with Crippen LogP contribution in [0.15, 0.2) is 42.5 Å². The molecule has 9 nitrogen and oxygen atoms in total. The van der Waals surface area contributed by atoms with Gasteiger partial charge in [0, 0.05) is 31.7 Å². The first-order valence-corrected chi connectivity index (χ1v) is 13.5. The van der Waals surface area contributed by atoms with E-state index in [1.54, 1.807) is 62.1 Å². The third-order valence-electron chi connectivity index (χ3n) is 5.96. The molecule has 0 atom stereocenters. The molecule has 0 aliphatic heterocycles. The van der Waals surface area contributed by atoms with Gasteiger partial charge in [-0.2, -0.15) is 0 Å². The highest BCUT2D eigenvalue weighted by Crippen LogP contribution is 2.28. The molecule has 4 amide bonds. The summed E-state index contributed by atoms with van der Waals surface area (Å²) in [6, 6.07) is 11.1. The van der Waals surface area contributed by atoms with Crippen LogP contribution in [0.2, 0.25) is 0 Å². The highest BCUT2D eigenvalue weighted by Gasteiger charge is 2.27. The van der Waals surface area contributed by atoms with Crippen molar-refractivity contribution in [2.24, 2.45) is 5.92 Å². The predicted molar refractivity (Wildman–Crippen MR) is 151 cm³/mol. The Morgan fingerprint density at radius 3 is 2.23 bits per heavy atom. The number of nitrogens with zero attached hydrogens (tertiary/aromatic N) is 2. The minimum atomic E-state index is -0.596. The van der Waals surface area contributed by atoms with Crippen LogP contribution in [0.4, 0.5) is 9.59 Å². The lowest BCUT2D eigenvalue weighted by atomic mass is 10.1. The number of amides is 4. The molecule has 9 heteroatoms. The number of para-hydroxylation sites is 1. The molecule has 0 bridgehead atoms. The number of benzene rings is 2. The van der Waals surface area contributed by atoms with E-state index in [-0.39, 0.29) is 31.1 Å². The molecule has 3 N–H and O–H groups in total. The van der Waals surface area contributed by atoms with Crippen molar-refractivity contribution in [2.45, 2.75) is 73.0 Å². The first-order chi connectivity index (χ1) is 18.3. The summed E-state index contributed by atoms with van der Waals surface area (Å²) in [6.45, 7) is 12.6. The van der Waals surface area contributed by atoms with Gasteiger partial charge in [0.2, 0.25) is 0 Å². The standard InChI is InChI=1S/C30H43N3O6/c1-7-17-32(18-16-23-9-8-10-25(34)26(23)35)29(38)33(19-15-21(2)3)27(36)24-13-11-22(12-14-24)20-31-28(37)39-30(4,5)6/h8-14,21,34-35H,7,15-20H2,1-6H3,(H,31,37). The van der Waals surface area contributed by atoms with E-state index in [0.29, 0.717) is 42.9 Å². The number of hydrogen-bond donors (Lipinski definition) is 3. The van der Waals surface area contributed by atoms with E-state index in [1.807, 2.05) is 20.8 Å². The lowest BCUT2D eigenvalue weighted by Gasteiger charge is -2.30. The average molecular weight is 542 g/mol. The van der Waals surface area contributed by atoms with E-state index in [0.717, 1.165) is 5.56 Å². The average Bonchev–Trinajstić information content (AvgIpc) is 2.86. The number of nitrogens with one attached hydrogen (secondary N) is 1. The zero-order valence-electron chi connectivity index (χ0n) is 24.0. The van der Waals surface area contributed by atoms with Crippen molar-refractivity contribution in [1.82, 2.24) is 15.1 Å². The van der Waals surface area contributed by atoms with Crippen molar-refractivity contribution in [3.8, 4) is 11.5 Å². The number of ether oxygens (including phenoxy) is 1. The molecule has 2 rings (SSSR count). The summed E-state index contributed by atoms with van der Waals surface area (Å²) in [7, 11) is 0. The van der Waals surface area contributed by atoms with Crippen molar-refractivity contribution < 1.29 is 29.3 Å². The van der Waals surface area contributed by atoms with E-state index >= 15 is 0 Å². The Labute approximate surface area is 231 Å². The molecule has 0 saturated heterocycles. The molecule has 0 unspecified atom stereocenters. The van der Waals surface area contributed by atoms with E-state index < -0.39 is 23.6 Å². The molecule has 0 aliphatic carbocycles. The van der Waals surface area contributed by atoms with Crippen LogP contribution in [0.3, 0.4) is 0 Å². The molecular weight excluding hydrogens is 498 g/mol. The van der Waals surface area contributed by atoms with Gasteiger partial charge >= 0.3 is 12.1 Å². The van der Waals surface area contributed by atoms with E-state index in [2.05, 4.69) is 5.32 Å². The second-order valence-corrected chi connectivity index (χ2v) is 11.0. The number of phenolic OH excluding ortho intramolecular Hbond substituents is 2. The molecular formula is C30H43N3O6. The van der Waals surface area contributed by atoms with Crippen LogP contribution < -0.4 is 5.32 Å². The Hall–Kier alpha value is -3.75. The highest BCUT2D eigenvalue weighted by molar-refractivity contribution is 6.04. The van der Waals surface area contributed by atoms with Gasteiger partial charge in [-0.05, 0) is 75.3 Å². The van der Waals surface area contributed by atoms with Gasteiger partial charge in [-0.15, -0.1) is 0 Å². The monoisotopic (exact) mass is 541 g/mol. The fourth-order valence-corrected chi connectivity index (χ4v) is 3.86. The minimum absolute atomic E-state index is 0.199. The quantitative estimate of drug-likeness (QED) is 0.315. The van der Waals surface area contributed by atoms with Crippen LogP contribution in [-0.2, 0) is 17.7 Å². The summed E-state index contributed by atoms with van der Waals surface area (Å²) in [5.74, 6) is -0.512. The second-order valence-electron chi connectivity index (χ2n) is 11.0. The van der Waals surface area contributed by atoms with Gasteiger partial charge in [-0.25, -0.2) is 9.59 Å². The topological polar surface area (TPSA) is 119 Å². The van der Waals surface area contributed by atoms with Gasteiger partial charge in [0.05, 0.1) is 0 Å². The summed E-state index contributed by atoms with van der Waals surface area (Å²) in [4.78, 5) is 42.0. The number of urea groups is 1. The van der Waals surface area contributed by atoms with Gasteiger partial charge in [0.15, 0.2) is 11.5 Å². The van der Waals surface area contributed by atoms with Gasteiger partial charge in [0.1, 0.15) is 5.60 Å². The van der Waals surface area contributed by atoms with Crippen molar-refractivity contribution in [1.29, 1.82) is 0 Å². The van der Waals surface area contributed by atoms with Crippen LogP contribution in [0, 0.1) is 5.92 Å². The minimum Gasteiger partial charge on any atom is -0.504 e. The molecule has 214 valence electrons. The maximum atomic E-state index is 13.6. The van der Waals surface area contributed by atoms with Gasteiger partial charge < -0.3 is 25.2 Å². The van der Waals surface area contributed by atoms with Crippen LogP contribution in [0.1, 0.15) is 75.9 Å². The molecule has 0 spiro atoms. The predicted octanol–water partition coefficient (Wildman–Crippen LogP) is 5.69. The number of rotatable bonds is 11. The molecule has 2 aromatic rings. The van der Waals surface area contributed by atoms with E-state index in [4.69, 9.17) is 4.74 Å². The van der Waals surface area contributed by atoms with Crippen molar-refractivity contribution in [3.63, 3.8) is 0 Å². The Morgan fingerprint density at radius 2 is 1.64 bits per heavy atom. The summed E-state index contributed by atoms with van der Waals surface area (Å²) in [5, 5.41) is 22.7. The SMILES string of the molecule is CCCN(CCc1cccc(O)c1O)C(=O)N(CCC(C)C)C(=O)c1ccc(CNC(=O)OC(C)(C)C)cc1. The Bertz CT molecular complexity index is 1110. The zero-order chi connectivity index (χ0) is 29.2. The second kappa shape index (κ2) is 14.4. The zero-order valence-corrected chi connectivity index (χ0v) is 24.0. The number of hydrogen-bond acceptors (Lipinski definition) is 6. The van der Waals surface area contributed by atoms with Crippen molar-refractivity contribution in [3.05, 3.63) is 59.2 Å². The lowest BCUT2D eigenvalue weighted by Crippen LogP contribution is -2.48. The summed E-state index contributed by atoms with van der Waals surface area (Å²) in [6.07, 6.45) is 1.16. The molecule has 0 aromatic heterocycles. The Morgan fingerprint density at radius 1 is 0.974 bits per heavy atom. The number of imide groups is 1. The number of phenols is 2. The van der Waals surface area contributed by atoms with Crippen LogP contribution in [0.5, 0.6) is 11.5 Å². The Kier molecular flexibility index (Phi) is 11.6. The summed E-state index contributed by atoms with van der Waals surface area (Å²) in [5.41, 5.74) is 1.09. The van der Waals surface area contributed by atoms with Crippen LogP contribution in [0.25, 0.3) is 0 Å². The van der Waals surface area contributed by atoms with Gasteiger partial charge in [-0.3, -0.25) is 9.69 Å². The van der Waals surface area contributed by atoms with Crippen molar-refractivity contribution >= 4 is 18.0 Å². The van der Waals surface area contributed by atoms with Crippen LogP contribution in [-0.4, -0.2) is 63.3 Å². The molecule has 39 heavy (non-hydrogen) atoms. The molecule has 0 saturated carbocycles. The first-order valence-electron chi connectivity index (χ1n) is 13.5. The number of aromatic hydroxyl groups is 2. The number of carbonyl (C=O) groups is 3. The third-order valence-corrected chi connectivity index (χ3v) is 5.96. The normalized spacial score (nSPS) is 11.3. The molecule has 0 radical (unpaired) electrons. The van der Waals surface area contributed by atoms with Gasteiger partial charge in [-0.1, -0.05) is 45.0 Å². The molecule has 2 aromatic carbocycles. The number of carbonyl (C=O) groups excluding carboxylic acids is 3. The lowest BCUT2D eigenvalue weighted by molar-refractivity contribution is 0.0523. The maximum Gasteiger partial charge on any atom is 0.407 e. The third kappa shape index (κ3) is 10.1. The Balaban J connectivity index is 2.17. The molecule has 0 fully saturated rings. The first kappa shape index (κ1) is 31.5. The van der Waals surface area contributed by atoms with Crippen LogP contribution >= 0.6 is 0 Å². The molecule has 0 heterocycles.